The molecule has 6 heteroatoms. The zero-order valence-electron chi connectivity index (χ0n) is 3.38. The normalized spacial score (nSPS) is 11.5. The summed E-state index contributed by atoms with van der Waals surface area (Å²) in [5, 5.41) is 0. The Hall–Kier alpha value is 1.83. The predicted molar refractivity (Wildman–Crippen MR) is 50.2 cm³/mol. The Kier molecular flexibility index (Phi) is 8.92. The van der Waals surface area contributed by atoms with Gasteiger partial charge in [-0.1, -0.05) is 11.7 Å². The molecule has 0 radical (unpaired) electrons. The highest BCUT2D eigenvalue weighted by molar-refractivity contribution is 9.26. The lowest BCUT2D eigenvalue weighted by Crippen LogP contribution is -1.70. The van der Waals surface area contributed by atoms with Crippen molar-refractivity contribution in [2.75, 3.05) is 0 Å². The second-order valence-corrected chi connectivity index (χ2v) is 14.8. The summed E-state index contributed by atoms with van der Waals surface area (Å²) < 4.78 is 0. The fourth-order valence-corrected chi connectivity index (χ4v) is 16.9. The Morgan fingerprint density at radius 1 is 1.67 bits per heavy atom. The van der Waals surface area contributed by atoms with Gasteiger partial charge in [0.1, 0.15) is 0 Å². The van der Waals surface area contributed by atoms with Crippen LogP contribution in [0.1, 0.15) is 0 Å². The molecular weight excluding hydrogens is 184 g/mol. The first kappa shape index (κ1) is 7.83. The minimum atomic E-state index is 0.352. The first-order valence-corrected chi connectivity index (χ1v) is 13.6. The van der Waals surface area contributed by atoms with Gasteiger partial charge < -0.3 is 0 Å². The molecule has 0 aromatic rings. The summed E-state index contributed by atoms with van der Waals surface area (Å²) >= 11 is 3.95. The molecule has 38 valence electrons. The van der Waals surface area contributed by atoms with E-state index < -0.39 is 0 Å². The van der Waals surface area contributed by atoms with E-state index in [0.29, 0.717) is 8.19 Å². The molecule has 0 heterocycles. The molecule has 0 aliphatic rings. The smallest absolute Gasteiger partial charge is 0.0826 e. The van der Waals surface area contributed by atoms with Crippen LogP contribution in [0.5, 0.6) is 0 Å². The molecule has 0 aliphatic heterocycles. The zero-order valence-corrected chi connectivity index (χ0v) is 10.1. The van der Waals surface area contributed by atoms with E-state index in [0.717, 1.165) is 0 Å². The van der Waals surface area contributed by atoms with Crippen LogP contribution in [0.2, 0.25) is 0 Å². The standard InChI is InChI=1S/H6S4Si2/c1-2-3-4-6-5/h1H,6H2,5H3. The summed E-state index contributed by atoms with van der Waals surface area (Å²) in [4.78, 5) is 0. The molecule has 0 saturated heterocycles. The third-order valence-electron chi connectivity index (χ3n) is 0.196. The van der Waals surface area contributed by atoms with Crippen LogP contribution in [-0.4, -0.2) is 17.9 Å². The fourth-order valence-electron chi connectivity index (χ4n) is 0.0696. The van der Waals surface area contributed by atoms with Crippen molar-refractivity contribution in [1.29, 1.82) is 0 Å². The minimum absolute atomic E-state index is 0.352. The number of hydrogen-bond donors (Lipinski definition) is 1. The van der Waals surface area contributed by atoms with Crippen LogP contribution in [0.3, 0.4) is 0 Å². The molecule has 0 aliphatic carbocycles. The molecule has 0 fully saturated rings. The van der Waals surface area contributed by atoms with E-state index in [1.807, 2.05) is 10.2 Å². The second-order valence-electron chi connectivity index (χ2n) is 0.549. The van der Waals surface area contributed by atoms with E-state index in [-0.39, 0.29) is 0 Å². The van der Waals surface area contributed by atoms with Crippen molar-refractivity contribution in [1.82, 2.24) is 0 Å². The average Bonchev–Trinajstić information content (AvgIpc) is 1.61. The molecule has 0 bridgehead atoms. The van der Waals surface area contributed by atoms with Gasteiger partial charge in [-0.3, -0.25) is 0 Å². The lowest BCUT2D eigenvalue weighted by molar-refractivity contribution is 4.55. The van der Waals surface area contributed by atoms with Gasteiger partial charge >= 0.3 is 0 Å². The molecule has 0 N–H and O–H groups in total. The highest BCUT2D eigenvalue weighted by atomic mass is 33.7. The number of thiol groups is 1. The van der Waals surface area contributed by atoms with Gasteiger partial charge in [0, 0.05) is 9.76 Å². The number of hydrogen-bond acceptors (Lipinski definition) is 4. The third kappa shape index (κ3) is 5.83. The summed E-state index contributed by atoms with van der Waals surface area (Å²) in [5.41, 5.74) is 0. The van der Waals surface area contributed by atoms with Crippen molar-refractivity contribution in [3.8, 4) is 0 Å². The predicted octanol–water partition coefficient (Wildman–Crippen LogP) is 0.225. The summed E-state index contributed by atoms with van der Waals surface area (Å²) in [6.07, 6.45) is 0. The van der Waals surface area contributed by atoms with Crippen LogP contribution in [0.4, 0.5) is 0 Å². The second kappa shape index (κ2) is 6.83. The highest BCUT2D eigenvalue weighted by Gasteiger charge is 1.77. The maximum atomic E-state index is 3.95. The van der Waals surface area contributed by atoms with Crippen molar-refractivity contribution in [2.24, 2.45) is 0 Å². The van der Waals surface area contributed by atoms with Crippen LogP contribution in [0, 0.1) is 0 Å². The minimum Gasteiger partial charge on any atom is -0.121 e. The van der Waals surface area contributed by atoms with Gasteiger partial charge in [-0.05, 0) is 19.7 Å². The summed E-state index contributed by atoms with van der Waals surface area (Å²) in [6.45, 7) is 0. The molecule has 0 aromatic carbocycles. The molecule has 0 aromatic heterocycles. The van der Waals surface area contributed by atoms with Crippen molar-refractivity contribution in [3.63, 3.8) is 0 Å². The molecule has 0 spiro atoms. The average molecular weight is 190 g/mol. The van der Waals surface area contributed by atoms with E-state index in [1.54, 1.807) is 19.7 Å². The van der Waals surface area contributed by atoms with Crippen LogP contribution < -0.4 is 0 Å². The Morgan fingerprint density at radius 3 is 2.50 bits per heavy atom. The first-order chi connectivity index (χ1) is 2.91. The summed E-state index contributed by atoms with van der Waals surface area (Å²) in [7, 11) is 7.16. The summed E-state index contributed by atoms with van der Waals surface area (Å²) in [5.74, 6) is 0. The van der Waals surface area contributed by atoms with Gasteiger partial charge in [0.05, 0.1) is 8.19 Å². The van der Waals surface area contributed by atoms with E-state index in [2.05, 4.69) is 11.7 Å². The zero-order chi connectivity index (χ0) is 4.83. The van der Waals surface area contributed by atoms with Gasteiger partial charge in [-0.2, -0.15) is 0 Å². The molecular formula is H6S4Si2. The van der Waals surface area contributed by atoms with Crippen LogP contribution in [0.25, 0.3) is 0 Å². The Morgan fingerprint density at radius 2 is 2.33 bits per heavy atom. The van der Waals surface area contributed by atoms with Gasteiger partial charge in [0.25, 0.3) is 0 Å². The molecule has 0 nitrogen and oxygen atoms in total. The van der Waals surface area contributed by atoms with Crippen LogP contribution in [0.15, 0.2) is 0 Å². The van der Waals surface area contributed by atoms with Gasteiger partial charge in [0.15, 0.2) is 0 Å². The maximum Gasteiger partial charge on any atom is 0.0826 e. The molecule has 0 saturated carbocycles. The van der Waals surface area contributed by atoms with Gasteiger partial charge in [-0.15, -0.1) is 10.2 Å². The Balaban J connectivity index is 2.34. The van der Waals surface area contributed by atoms with Crippen molar-refractivity contribution >= 4 is 59.5 Å². The Bertz CT molecular complexity index is 17.5. The Labute approximate surface area is 59.3 Å². The van der Waals surface area contributed by atoms with Gasteiger partial charge in [0.2, 0.25) is 0 Å². The molecule has 0 rings (SSSR count). The van der Waals surface area contributed by atoms with Crippen molar-refractivity contribution in [2.45, 2.75) is 0 Å². The molecule has 0 atom stereocenters. The van der Waals surface area contributed by atoms with E-state index in [1.165, 1.54) is 9.76 Å². The van der Waals surface area contributed by atoms with Crippen LogP contribution in [-0.2, 0) is 0 Å². The van der Waals surface area contributed by atoms with Crippen molar-refractivity contribution < 1.29 is 0 Å². The van der Waals surface area contributed by atoms with Crippen LogP contribution >= 0.6 is 41.6 Å². The summed E-state index contributed by atoms with van der Waals surface area (Å²) in [6, 6.07) is 0. The fraction of sp³-hybridized carbons (Fsp3) is 0. The lowest BCUT2D eigenvalue weighted by atomic mass is 27.0. The first-order valence-electron chi connectivity index (χ1n) is 1.51. The largest absolute Gasteiger partial charge is 0.121 e. The molecule has 0 unspecified atom stereocenters. The molecule has 6 heavy (non-hydrogen) atoms. The van der Waals surface area contributed by atoms with E-state index in [9.17, 15) is 0 Å². The SMILES string of the molecule is [SiH3][SiH2]SSSS. The topological polar surface area (TPSA) is 0 Å². The quantitative estimate of drug-likeness (QED) is 0.293. The third-order valence-corrected chi connectivity index (χ3v) is 15.9. The van der Waals surface area contributed by atoms with Crippen molar-refractivity contribution in [3.05, 3.63) is 0 Å². The maximum absolute atomic E-state index is 3.95. The molecule has 0 amide bonds. The van der Waals surface area contributed by atoms with Gasteiger partial charge in [-0.25, -0.2) is 0 Å². The van der Waals surface area contributed by atoms with E-state index >= 15 is 0 Å². The lowest BCUT2D eigenvalue weighted by Gasteiger charge is -1.84. The highest BCUT2D eigenvalue weighted by Crippen LogP contribution is 2.34. The van der Waals surface area contributed by atoms with E-state index in [4.69, 9.17) is 0 Å². The monoisotopic (exact) mass is 190 g/mol. The number of rotatable bonds is 3.